The maximum absolute atomic E-state index is 11.2. The fourth-order valence-electron chi connectivity index (χ4n) is 2.48. The first kappa shape index (κ1) is 12.7. The van der Waals surface area contributed by atoms with E-state index in [1.54, 1.807) is 6.07 Å². The fraction of sp³-hybridized carbons (Fsp3) is 0.143. The lowest BCUT2D eigenvalue weighted by Gasteiger charge is -2.22. The zero-order chi connectivity index (χ0) is 14.3. The molecule has 102 valence electrons. The Labute approximate surface area is 120 Å². The van der Waals surface area contributed by atoms with Crippen molar-refractivity contribution < 1.29 is 4.92 Å². The van der Waals surface area contributed by atoms with Crippen LogP contribution in [0.25, 0.3) is 0 Å². The summed E-state index contributed by atoms with van der Waals surface area (Å²) in [5, 5.41) is 15.0. The second kappa shape index (κ2) is 4.68. The maximum Gasteiger partial charge on any atom is 0.276 e. The number of nitro benzene ring substituents is 1. The molecule has 0 amide bonds. The highest BCUT2D eigenvalue weighted by Gasteiger charge is 2.31. The minimum Gasteiger partial charge on any atom is -0.360 e. The van der Waals surface area contributed by atoms with Crippen LogP contribution in [0.4, 0.5) is 17.1 Å². The zero-order valence-corrected chi connectivity index (χ0v) is 11.5. The van der Waals surface area contributed by atoms with Gasteiger partial charge in [-0.05, 0) is 24.3 Å². The van der Waals surface area contributed by atoms with E-state index in [1.807, 2.05) is 36.2 Å². The summed E-state index contributed by atoms with van der Waals surface area (Å²) in [7, 11) is 1.90. The van der Waals surface area contributed by atoms with E-state index < -0.39 is 0 Å². The van der Waals surface area contributed by atoms with Crippen molar-refractivity contribution in [3.63, 3.8) is 0 Å². The third-order valence-electron chi connectivity index (χ3n) is 3.44. The largest absolute Gasteiger partial charge is 0.360 e. The molecule has 0 saturated carbocycles. The molecule has 0 fully saturated rings. The first-order valence-corrected chi connectivity index (χ1v) is 6.48. The van der Waals surface area contributed by atoms with Crippen LogP contribution < -0.4 is 10.2 Å². The molecule has 0 spiro atoms. The van der Waals surface area contributed by atoms with Gasteiger partial charge in [-0.15, -0.1) is 0 Å². The number of nitro groups is 1. The lowest BCUT2D eigenvalue weighted by atomic mass is 10.1. The summed E-state index contributed by atoms with van der Waals surface area (Å²) >= 11 is 5.99. The SMILES string of the molecule is CN1c2ccccc2NC1c1cc(Cl)ccc1[N+](=O)[O-]. The number of para-hydroxylation sites is 2. The molecular weight excluding hydrogens is 278 g/mol. The Bertz CT molecular complexity index is 690. The molecule has 1 atom stereocenters. The van der Waals surface area contributed by atoms with Gasteiger partial charge in [-0.3, -0.25) is 10.1 Å². The first-order chi connectivity index (χ1) is 9.58. The van der Waals surface area contributed by atoms with Crippen molar-refractivity contribution in [2.75, 3.05) is 17.3 Å². The molecule has 6 heteroatoms. The number of rotatable bonds is 2. The molecule has 1 aliphatic rings. The molecule has 0 bridgehead atoms. The quantitative estimate of drug-likeness (QED) is 0.674. The van der Waals surface area contributed by atoms with Crippen LogP contribution in [-0.2, 0) is 0 Å². The van der Waals surface area contributed by atoms with Gasteiger partial charge in [0.25, 0.3) is 5.69 Å². The second-order valence-corrected chi connectivity index (χ2v) is 5.07. The van der Waals surface area contributed by atoms with Crippen molar-refractivity contribution in [3.05, 3.63) is 63.2 Å². The monoisotopic (exact) mass is 289 g/mol. The summed E-state index contributed by atoms with van der Waals surface area (Å²) in [5.74, 6) is 0. The summed E-state index contributed by atoms with van der Waals surface area (Å²) in [6.07, 6.45) is -0.300. The Morgan fingerprint density at radius 2 is 2.05 bits per heavy atom. The van der Waals surface area contributed by atoms with Gasteiger partial charge in [0.2, 0.25) is 0 Å². The van der Waals surface area contributed by atoms with Crippen LogP contribution in [0.3, 0.4) is 0 Å². The predicted octanol–water partition coefficient (Wildman–Crippen LogP) is 3.81. The molecule has 1 heterocycles. The third kappa shape index (κ3) is 1.96. The highest BCUT2D eigenvalue weighted by Crippen LogP contribution is 2.42. The summed E-state index contributed by atoms with van der Waals surface area (Å²) in [6.45, 7) is 0. The minimum atomic E-state index is -0.385. The fourth-order valence-corrected chi connectivity index (χ4v) is 2.66. The number of nitrogens with one attached hydrogen (secondary N) is 1. The van der Waals surface area contributed by atoms with Crippen LogP contribution in [0, 0.1) is 10.1 Å². The molecule has 20 heavy (non-hydrogen) atoms. The van der Waals surface area contributed by atoms with Gasteiger partial charge in [0.15, 0.2) is 0 Å². The molecule has 1 aliphatic heterocycles. The third-order valence-corrected chi connectivity index (χ3v) is 3.68. The van der Waals surface area contributed by atoms with E-state index in [-0.39, 0.29) is 16.8 Å². The number of hydrogen-bond donors (Lipinski definition) is 1. The lowest BCUT2D eigenvalue weighted by Crippen LogP contribution is -2.24. The van der Waals surface area contributed by atoms with Gasteiger partial charge in [0.1, 0.15) is 6.17 Å². The molecule has 0 aliphatic carbocycles. The Morgan fingerprint density at radius 1 is 1.30 bits per heavy atom. The zero-order valence-electron chi connectivity index (χ0n) is 10.7. The molecule has 0 saturated heterocycles. The summed E-state index contributed by atoms with van der Waals surface area (Å²) in [5.41, 5.74) is 2.58. The molecule has 0 radical (unpaired) electrons. The van der Waals surface area contributed by atoms with E-state index in [4.69, 9.17) is 11.6 Å². The van der Waals surface area contributed by atoms with Gasteiger partial charge in [0.05, 0.1) is 21.9 Å². The number of anilines is 2. The van der Waals surface area contributed by atoms with Crippen LogP contribution >= 0.6 is 11.6 Å². The molecule has 2 aromatic rings. The predicted molar refractivity (Wildman–Crippen MR) is 79.3 cm³/mol. The topological polar surface area (TPSA) is 58.4 Å². The van der Waals surface area contributed by atoms with E-state index in [0.29, 0.717) is 10.6 Å². The second-order valence-electron chi connectivity index (χ2n) is 4.64. The van der Waals surface area contributed by atoms with Gasteiger partial charge in [-0.1, -0.05) is 23.7 Å². The number of halogens is 1. The van der Waals surface area contributed by atoms with Crippen LogP contribution in [0.1, 0.15) is 11.7 Å². The van der Waals surface area contributed by atoms with Gasteiger partial charge in [-0.2, -0.15) is 0 Å². The summed E-state index contributed by atoms with van der Waals surface area (Å²) < 4.78 is 0. The van der Waals surface area contributed by atoms with Gasteiger partial charge in [0, 0.05) is 18.1 Å². The molecule has 1 unspecified atom stereocenters. The van der Waals surface area contributed by atoms with E-state index in [2.05, 4.69) is 5.32 Å². The van der Waals surface area contributed by atoms with Crippen molar-refractivity contribution in [1.82, 2.24) is 0 Å². The van der Waals surface area contributed by atoms with Crippen LogP contribution in [0.2, 0.25) is 5.02 Å². The molecule has 2 aromatic carbocycles. The van der Waals surface area contributed by atoms with Crippen molar-refractivity contribution in [3.8, 4) is 0 Å². The average Bonchev–Trinajstić information content (AvgIpc) is 2.76. The average molecular weight is 290 g/mol. The van der Waals surface area contributed by atoms with E-state index in [0.717, 1.165) is 11.4 Å². The normalized spacial score (nSPS) is 16.7. The maximum atomic E-state index is 11.2. The standard InChI is InChI=1S/C14H12ClN3O2/c1-17-13-5-3-2-4-11(13)16-14(17)10-8-9(15)6-7-12(10)18(19)20/h2-8,14,16H,1H3. The smallest absolute Gasteiger partial charge is 0.276 e. The van der Waals surface area contributed by atoms with Crippen molar-refractivity contribution in [2.45, 2.75) is 6.17 Å². The van der Waals surface area contributed by atoms with E-state index in [1.165, 1.54) is 12.1 Å². The van der Waals surface area contributed by atoms with E-state index in [9.17, 15) is 10.1 Å². The number of hydrogen-bond acceptors (Lipinski definition) is 4. The van der Waals surface area contributed by atoms with Crippen molar-refractivity contribution in [1.29, 1.82) is 0 Å². The summed E-state index contributed by atoms with van der Waals surface area (Å²) in [4.78, 5) is 12.8. The lowest BCUT2D eigenvalue weighted by molar-refractivity contribution is -0.385. The number of nitrogens with zero attached hydrogens (tertiary/aromatic N) is 2. The molecular formula is C14H12ClN3O2. The highest BCUT2D eigenvalue weighted by molar-refractivity contribution is 6.30. The van der Waals surface area contributed by atoms with Crippen LogP contribution in [0.15, 0.2) is 42.5 Å². The Kier molecular flexibility index (Phi) is 2.99. The van der Waals surface area contributed by atoms with E-state index >= 15 is 0 Å². The number of benzene rings is 2. The Hall–Kier alpha value is -2.27. The molecule has 0 aromatic heterocycles. The van der Waals surface area contributed by atoms with Gasteiger partial charge < -0.3 is 10.2 Å². The first-order valence-electron chi connectivity index (χ1n) is 6.10. The van der Waals surface area contributed by atoms with Gasteiger partial charge >= 0.3 is 0 Å². The van der Waals surface area contributed by atoms with Crippen LogP contribution in [0.5, 0.6) is 0 Å². The molecule has 1 N–H and O–H groups in total. The molecule has 5 nitrogen and oxygen atoms in total. The Morgan fingerprint density at radius 3 is 2.75 bits per heavy atom. The minimum absolute atomic E-state index is 0.0616. The van der Waals surface area contributed by atoms with Crippen molar-refractivity contribution >= 4 is 28.7 Å². The van der Waals surface area contributed by atoms with Crippen molar-refractivity contribution in [2.24, 2.45) is 0 Å². The Balaban J connectivity index is 2.08. The number of fused-ring (bicyclic) bond motifs is 1. The van der Waals surface area contributed by atoms with Crippen LogP contribution in [-0.4, -0.2) is 12.0 Å². The highest BCUT2D eigenvalue weighted by atomic mass is 35.5. The summed E-state index contributed by atoms with van der Waals surface area (Å²) in [6, 6.07) is 12.4. The molecule has 3 rings (SSSR count). The van der Waals surface area contributed by atoms with Gasteiger partial charge in [-0.25, -0.2) is 0 Å².